The number of unbranched alkanes of at least 4 members (excludes halogenated alkanes) is 15. The Morgan fingerprint density at radius 1 is 0.895 bits per heavy atom. The van der Waals surface area contributed by atoms with Gasteiger partial charge >= 0.3 is 7.82 Å². The zero-order valence-corrected chi connectivity index (χ0v) is 34.6. The summed E-state index contributed by atoms with van der Waals surface area (Å²) in [7, 11) is -4.71. The highest BCUT2D eigenvalue weighted by Crippen LogP contribution is 2.46. The molecule has 0 bridgehead atoms. The fraction of sp³-hybridized carbons (Fsp3) is 0.707. The van der Waals surface area contributed by atoms with Crippen LogP contribution in [0.1, 0.15) is 134 Å². The zero-order chi connectivity index (χ0) is 41.1. The van der Waals surface area contributed by atoms with Gasteiger partial charge in [0.25, 0.3) is 6.43 Å². The van der Waals surface area contributed by atoms with Crippen LogP contribution in [-0.2, 0) is 28.7 Å². The first-order valence-corrected chi connectivity index (χ1v) is 22.3. The molecular formula is C41H65F2N4O9P. The summed E-state index contributed by atoms with van der Waals surface area (Å²) in [6, 6.07) is 8.85. The molecule has 16 heteroatoms. The van der Waals surface area contributed by atoms with Crippen molar-refractivity contribution >= 4 is 19.2 Å². The molecule has 1 aliphatic heterocycles. The van der Waals surface area contributed by atoms with Crippen molar-refractivity contribution in [2.24, 2.45) is 5.92 Å². The molecule has 6 atom stereocenters. The lowest BCUT2D eigenvalue weighted by Gasteiger charge is -2.27. The molecule has 1 aliphatic rings. The second-order valence-corrected chi connectivity index (χ2v) is 16.8. The minimum Gasteiger partial charge on any atom is -0.493 e. The molecule has 1 saturated heterocycles. The highest BCUT2D eigenvalue weighted by atomic mass is 31.2. The number of aliphatic hydroxyl groups is 2. The van der Waals surface area contributed by atoms with E-state index in [0.717, 1.165) is 19.3 Å². The summed E-state index contributed by atoms with van der Waals surface area (Å²) in [5.41, 5.74) is 5.13. The third kappa shape index (κ3) is 15.1. The van der Waals surface area contributed by atoms with Crippen molar-refractivity contribution in [2.45, 2.75) is 147 Å². The second-order valence-electron chi connectivity index (χ2n) is 15.3. The molecular weight excluding hydrogens is 761 g/mol. The quantitative estimate of drug-likeness (QED) is 0.0372. The number of nitrogens with two attached hydrogens (primary N) is 1. The van der Waals surface area contributed by atoms with E-state index in [1.54, 1.807) is 25.1 Å². The maximum absolute atomic E-state index is 13.3. The van der Waals surface area contributed by atoms with Gasteiger partial charge in [-0.05, 0) is 37.6 Å². The van der Waals surface area contributed by atoms with Gasteiger partial charge in [-0.15, -0.1) is 0 Å². The van der Waals surface area contributed by atoms with Crippen LogP contribution < -0.4 is 10.5 Å². The number of nitrogen functional groups attached to an aromatic ring is 1. The van der Waals surface area contributed by atoms with Crippen LogP contribution in [0.3, 0.4) is 0 Å². The molecule has 1 unspecified atom stereocenters. The van der Waals surface area contributed by atoms with E-state index < -0.39 is 50.7 Å². The Bertz CT molecular complexity index is 1640. The largest absolute Gasteiger partial charge is 0.493 e. The number of aliphatic hydroxyl groups excluding tert-OH is 2. The Hall–Kier alpha value is -2.75. The number of rotatable bonds is 30. The molecule has 13 nitrogen and oxygen atoms in total. The lowest BCUT2D eigenvalue weighted by Crippen LogP contribution is -2.39. The van der Waals surface area contributed by atoms with Gasteiger partial charge in [0.05, 0.1) is 32.1 Å². The summed E-state index contributed by atoms with van der Waals surface area (Å²) < 4.78 is 69.2. The Morgan fingerprint density at radius 3 is 2.16 bits per heavy atom. The van der Waals surface area contributed by atoms with E-state index in [9.17, 15) is 28.5 Å². The van der Waals surface area contributed by atoms with E-state index in [1.165, 1.54) is 113 Å². The van der Waals surface area contributed by atoms with Gasteiger partial charge in [-0.25, -0.2) is 22.8 Å². The van der Waals surface area contributed by atoms with Crippen LogP contribution in [0.15, 0.2) is 42.7 Å². The van der Waals surface area contributed by atoms with Gasteiger partial charge in [0.2, 0.25) is 0 Å². The third-order valence-electron chi connectivity index (χ3n) is 10.6. The van der Waals surface area contributed by atoms with Crippen LogP contribution in [0.2, 0.25) is 0 Å². The SMILES string of the molecule is CCCCCCCCCCCCCCCCCCOC[C@@H](COc1cccc(C(F)F)c1)COP(=O)(O)OC[C@H]1O[C@@](C)(c2ccc3c(N)ncnn23)[C@H](O)[C@@H]1O. The van der Waals surface area contributed by atoms with E-state index in [1.807, 2.05) is 0 Å². The first kappa shape index (κ1) is 46.9. The van der Waals surface area contributed by atoms with Gasteiger partial charge in [-0.1, -0.05) is 115 Å². The molecule has 1 fully saturated rings. The van der Waals surface area contributed by atoms with E-state index in [0.29, 0.717) is 17.8 Å². The molecule has 57 heavy (non-hydrogen) atoms. The lowest BCUT2D eigenvalue weighted by molar-refractivity contribution is -0.0890. The summed E-state index contributed by atoms with van der Waals surface area (Å²) >= 11 is 0. The molecule has 0 amide bonds. The van der Waals surface area contributed by atoms with Crippen LogP contribution in [0, 0.1) is 5.92 Å². The molecule has 0 spiro atoms. The first-order valence-electron chi connectivity index (χ1n) is 20.8. The molecule has 0 aliphatic carbocycles. The molecule has 1 aromatic carbocycles. The molecule has 0 radical (unpaired) electrons. The van der Waals surface area contributed by atoms with Crippen molar-refractivity contribution in [1.29, 1.82) is 0 Å². The number of fused-ring (bicyclic) bond motifs is 1. The number of anilines is 1. The van der Waals surface area contributed by atoms with Crippen molar-refractivity contribution in [3.05, 3.63) is 54.0 Å². The zero-order valence-electron chi connectivity index (χ0n) is 33.7. The summed E-state index contributed by atoms with van der Waals surface area (Å²) in [5.74, 6) is -0.124. The first-order chi connectivity index (χ1) is 27.4. The van der Waals surface area contributed by atoms with Gasteiger partial charge in [0.15, 0.2) is 5.82 Å². The predicted octanol–water partition coefficient (Wildman–Crippen LogP) is 8.69. The number of benzene rings is 1. The number of aromatic nitrogens is 3. The third-order valence-corrected chi connectivity index (χ3v) is 11.6. The molecule has 322 valence electrons. The van der Waals surface area contributed by atoms with Crippen LogP contribution in [-0.4, -0.2) is 81.1 Å². The Balaban J connectivity index is 1.18. The number of hydrogen-bond acceptors (Lipinski definition) is 11. The number of hydrogen-bond donors (Lipinski definition) is 4. The number of phosphoric acid groups is 1. The summed E-state index contributed by atoms with van der Waals surface area (Å²) in [4.78, 5) is 14.5. The molecule has 5 N–H and O–H groups in total. The Labute approximate surface area is 336 Å². The van der Waals surface area contributed by atoms with Crippen molar-refractivity contribution < 1.29 is 51.7 Å². The van der Waals surface area contributed by atoms with E-state index >= 15 is 0 Å². The van der Waals surface area contributed by atoms with Gasteiger partial charge in [-0.3, -0.25) is 9.05 Å². The van der Waals surface area contributed by atoms with Crippen molar-refractivity contribution in [1.82, 2.24) is 14.6 Å². The Morgan fingerprint density at radius 2 is 1.53 bits per heavy atom. The number of halogens is 2. The normalized spacial score (nSPS) is 21.4. The fourth-order valence-electron chi connectivity index (χ4n) is 7.16. The number of ether oxygens (including phenoxy) is 3. The van der Waals surface area contributed by atoms with Gasteiger partial charge in [-0.2, -0.15) is 5.10 Å². The Kier molecular flexibility index (Phi) is 20.1. The molecule has 0 saturated carbocycles. The van der Waals surface area contributed by atoms with Crippen LogP contribution in [0.25, 0.3) is 5.52 Å². The van der Waals surface area contributed by atoms with Crippen LogP contribution in [0.5, 0.6) is 5.75 Å². The predicted molar refractivity (Wildman–Crippen MR) is 214 cm³/mol. The van der Waals surface area contributed by atoms with Gasteiger partial charge in [0.1, 0.15) is 41.5 Å². The minimum atomic E-state index is -4.71. The minimum absolute atomic E-state index is 0.0417. The average molecular weight is 827 g/mol. The van der Waals surface area contributed by atoms with Crippen molar-refractivity contribution in [3.63, 3.8) is 0 Å². The lowest BCUT2D eigenvalue weighted by atomic mass is 9.93. The molecule has 4 rings (SSSR count). The van der Waals surface area contributed by atoms with Crippen molar-refractivity contribution in [2.75, 3.05) is 38.8 Å². The molecule has 3 heterocycles. The molecule has 2 aromatic heterocycles. The number of phosphoric ester groups is 1. The number of nitrogens with zero attached hydrogens (tertiary/aromatic N) is 3. The average Bonchev–Trinajstić information content (AvgIpc) is 3.74. The monoisotopic (exact) mass is 826 g/mol. The van der Waals surface area contributed by atoms with Gasteiger partial charge in [0, 0.05) is 18.1 Å². The number of alkyl halides is 2. The standard InChI is InChI=1S/C41H65F2N4O9P/c1-3-4-5-6-7-8-9-10-11-12-13-14-15-16-17-18-24-52-26-31(27-53-33-21-19-20-32(25-33)39(42)43)28-54-57(50,51)55-29-35-37(48)38(49)41(2,56-35)36-23-22-34-40(44)45-30-46-47(34)36/h19-23,25,30-31,35,37-39,48-49H,3-18,24,26-29H2,1-2H3,(H,50,51)(H2,44,45,46)/t31-,35+,37+,38+,41-/m0/s1. The van der Waals surface area contributed by atoms with E-state index in [2.05, 4.69) is 17.0 Å². The summed E-state index contributed by atoms with van der Waals surface area (Å²) in [6.45, 7) is 3.48. The smallest absolute Gasteiger partial charge is 0.472 e. The van der Waals surface area contributed by atoms with Crippen LogP contribution >= 0.6 is 7.82 Å². The van der Waals surface area contributed by atoms with E-state index in [-0.39, 0.29) is 37.0 Å². The maximum atomic E-state index is 13.3. The maximum Gasteiger partial charge on any atom is 0.472 e. The highest BCUT2D eigenvalue weighted by molar-refractivity contribution is 7.47. The van der Waals surface area contributed by atoms with Crippen molar-refractivity contribution in [3.8, 4) is 5.75 Å². The highest BCUT2D eigenvalue weighted by Gasteiger charge is 2.54. The topological polar surface area (TPSA) is 180 Å². The van der Waals surface area contributed by atoms with Crippen LogP contribution in [0.4, 0.5) is 14.6 Å². The second kappa shape index (κ2) is 24.4. The van der Waals surface area contributed by atoms with Gasteiger partial charge < -0.3 is 35.1 Å². The van der Waals surface area contributed by atoms with E-state index in [4.69, 9.17) is 29.0 Å². The summed E-state index contributed by atoms with van der Waals surface area (Å²) in [5, 5.41) is 26.0. The summed E-state index contributed by atoms with van der Waals surface area (Å²) in [6.07, 6.45) is 14.7. The molecule has 3 aromatic rings. The fourth-order valence-corrected chi connectivity index (χ4v) is 7.97.